The van der Waals surface area contributed by atoms with Crippen LogP contribution in [-0.4, -0.2) is 61.7 Å². The van der Waals surface area contributed by atoms with E-state index in [1.54, 1.807) is 18.3 Å². The summed E-state index contributed by atoms with van der Waals surface area (Å²) in [5, 5.41) is 23.4. The third-order valence-corrected chi connectivity index (χ3v) is 3.92. The Labute approximate surface area is 141 Å². The molecule has 3 heterocycles. The summed E-state index contributed by atoms with van der Waals surface area (Å²) < 4.78 is 6.63. The molecule has 10 heteroatoms. The molecule has 1 aliphatic rings. The van der Waals surface area contributed by atoms with Crippen molar-refractivity contribution in [3.05, 3.63) is 40.9 Å². The van der Waals surface area contributed by atoms with E-state index in [1.165, 1.54) is 21.8 Å². The molecule has 0 radical (unpaired) electrons. The molecule has 0 aliphatic carbocycles. The van der Waals surface area contributed by atoms with Crippen molar-refractivity contribution >= 4 is 17.7 Å². The molecule has 1 saturated heterocycles. The zero-order valence-corrected chi connectivity index (χ0v) is 13.2. The topological polar surface area (TPSA) is 138 Å². The minimum absolute atomic E-state index is 0.0609. The maximum absolute atomic E-state index is 12.5. The Morgan fingerprint density at radius 3 is 2.80 bits per heavy atom. The summed E-state index contributed by atoms with van der Waals surface area (Å²) in [7, 11) is 0. The van der Waals surface area contributed by atoms with Crippen LogP contribution in [0.5, 0.6) is 0 Å². The number of anilines is 1. The van der Waals surface area contributed by atoms with Gasteiger partial charge in [-0.05, 0) is 13.0 Å². The first kappa shape index (κ1) is 16.9. The number of ether oxygens (including phenoxy) is 1. The van der Waals surface area contributed by atoms with E-state index in [2.05, 4.69) is 10.1 Å². The van der Waals surface area contributed by atoms with Crippen molar-refractivity contribution in [1.29, 1.82) is 0 Å². The van der Waals surface area contributed by atoms with Gasteiger partial charge in [0.05, 0.1) is 18.8 Å². The Kier molecular flexibility index (Phi) is 4.15. The predicted molar refractivity (Wildman–Crippen MR) is 84.5 cm³/mol. The van der Waals surface area contributed by atoms with E-state index in [0.717, 1.165) is 6.92 Å². The number of rotatable bonds is 4. The maximum atomic E-state index is 12.5. The molecule has 25 heavy (non-hydrogen) atoms. The van der Waals surface area contributed by atoms with Gasteiger partial charge in [-0.2, -0.15) is 0 Å². The molecule has 3 N–H and O–H groups in total. The second-order valence-corrected chi connectivity index (χ2v) is 5.72. The van der Waals surface area contributed by atoms with Crippen LogP contribution in [0.15, 0.2) is 35.4 Å². The zero-order valence-electron chi connectivity index (χ0n) is 13.2. The van der Waals surface area contributed by atoms with Crippen molar-refractivity contribution in [3.63, 3.8) is 0 Å². The van der Waals surface area contributed by atoms with Gasteiger partial charge < -0.3 is 19.9 Å². The number of nitrogens with one attached hydrogen (secondary N) is 1. The Bertz CT molecular complexity index is 850. The zero-order chi connectivity index (χ0) is 18.2. The van der Waals surface area contributed by atoms with Crippen molar-refractivity contribution in [2.24, 2.45) is 0 Å². The van der Waals surface area contributed by atoms with Crippen molar-refractivity contribution in [2.45, 2.75) is 18.6 Å². The van der Waals surface area contributed by atoms with Gasteiger partial charge in [0.25, 0.3) is 5.91 Å². The summed E-state index contributed by atoms with van der Waals surface area (Å²) >= 11 is 0. The summed E-state index contributed by atoms with van der Waals surface area (Å²) in [4.78, 5) is 38.6. The number of aromatic nitrogens is 3. The van der Waals surface area contributed by atoms with E-state index in [1.807, 2.05) is 0 Å². The molecule has 3 rings (SSSR count). The van der Waals surface area contributed by atoms with Crippen LogP contribution in [0.1, 0.15) is 6.92 Å². The molecule has 0 aromatic carbocycles. The largest absolute Gasteiger partial charge is 0.479 e. The SMILES string of the molecule is CC(O)(C(=O)O)C1OCCN(c2ccn(-c3ccc(=O)[nH]c3)n2)C1=O. The second-order valence-electron chi connectivity index (χ2n) is 5.72. The van der Waals surface area contributed by atoms with Gasteiger partial charge in [0.15, 0.2) is 17.5 Å². The highest BCUT2D eigenvalue weighted by Crippen LogP contribution is 2.24. The molecule has 10 nitrogen and oxygen atoms in total. The van der Waals surface area contributed by atoms with E-state index < -0.39 is 23.6 Å². The number of hydrogen-bond donors (Lipinski definition) is 3. The summed E-state index contributed by atoms with van der Waals surface area (Å²) in [5.41, 5.74) is -2.02. The monoisotopic (exact) mass is 348 g/mol. The fourth-order valence-corrected chi connectivity index (χ4v) is 2.47. The Morgan fingerprint density at radius 1 is 1.40 bits per heavy atom. The lowest BCUT2D eigenvalue weighted by Crippen LogP contribution is -2.60. The summed E-state index contributed by atoms with van der Waals surface area (Å²) in [6.45, 7) is 1.25. The summed E-state index contributed by atoms with van der Waals surface area (Å²) in [5.74, 6) is -1.96. The number of H-pyrrole nitrogens is 1. The molecule has 1 amide bonds. The van der Waals surface area contributed by atoms with Crippen LogP contribution in [0.2, 0.25) is 0 Å². The molecular weight excluding hydrogens is 332 g/mol. The predicted octanol–water partition coefficient (Wildman–Crippen LogP) is -0.872. The number of carboxylic acid groups (broad SMARTS) is 1. The third kappa shape index (κ3) is 3.04. The van der Waals surface area contributed by atoms with Crippen molar-refractivity contribution in [3.8, 4) is 5.69 Å². The number of carbonyl (C=O) groups excluding carboxylic acids is 1. The smallest absolute Gasteiger partial charge is 0.338 e. The molecule has 0 bridgehead atoms. The van der Waals surface area contributed by atoms with Crippen molar-refractivity contribution < 1.29 is 24.5 Å². The second kappa shape index (κ2) is 6.15. The molecule has 2 unspecified atom stereocenters. The number of aliphatic hydroxyl groups is 1. The number of amides is 1. The van der Waals surface area contributed by atoms with Crippen molar-refractivity contribution in [2.75, 3.05) is 18.1 Å². The minimum atomic E-state index is -2.35. The average Bonchev–Trinajstić information content (AvgIpc) is 3.05. The van der Waals surface area contributed by atoms with Gasteiger partial charge in [-0.1, -0.05) is 0 Å². The van der Waals surface area contributed by atoms with Gasteiger partial charge in [-0.3, -0.25) is 14.5 Å². The van der Waals surface area contributed by atoms with Gasteiger partial charge in [0, 0.05) is 24.5 Å². The van der Waals surface area contributed by atoms with Crippen LogP contribution >= 0.6 is 0 Å². The Morgan fingerprint density at radius 2 is 2.16 bits per heavy atom. The maximum Gasteiger partial charge on any atom is 0.338 e. The third-order valence-electron chi connectivity index (χ3n) is 3.92. The highest BCUT2D eigenvalue weighted by Gasteiger charge is 2.49. The minimum Gasteiger partial charge on any atom is -0.479 e. The molecule has 132 valence electrons. The van der Waals surface area contributed by atoms with Gasteiger partial charge >= 0.3 is 5.97 Å². The number of hydrogen-bond acceptors (Lipinski definition) is 6. The van der Waals surface area contributed by atoms with E-state index >= 15 is 0 Å². The number of pyridine rings is 1. The average molecular weight is 348 g/mol. The molecule has 2 atom stereocenters. The number of carbonyl (C=O) groups is 2. The summed E-state index contributed by atoms with van der Waals surface area (Å²) in [6.07, 6.45) is 1.53. The highest BCUT2D eigenvalue weighted by molar-refractivity contribution is 6.00. The van der Waals surface area contributed by atoms with Gasteiger partial charge in [0.2, 0.25) is 5.56 Å². The molecule has 1 fully saturated rings. The van der Waals surface area contributed by atoms with Crippen LogP contribution in [0.3, 0.4) is 0 Å². The van der Waals surface area contributed by atoms with E-state index in [4.69, 9.17) is 9.84 Å². The lowest BCUT2D eigenvalue weighted by Gasteiger charge is -2.36. The first-order valence-electron chi connectivity index (χ1n) is 7.44. The van der Waals surface area contributed by atoms with Gasteiger partial charge in [-0.15, -0.1) is 5.10 Å². The number of aliphatic carboxylic acids is 1. The number of nitrogens with zero attached hydrogens (tertiary/aromatic N) is 3. The molecule has 2 aromatic rings. The van der Waals surface area contributed by atoms with E-state index in [9.17, 15) is 19.5 Å². The molecule has 2 aromatic heterocycles. The fraction of sp³-hybridized carbons (Fsp3) is 0.333. The lowest BCUT2D eigenvalue weighted by molar-refractivity contribution is -0.180. The molecule has 0 spiro atoms. The normalized spacial score (nSPS) is 20.3. The molecule has 1 aliphatic heterocycles. The first-order chi connectivity index (χ1) is 11.8. The lowest BCUT2D eigenvalue weighted by atomic mass is 9.97. The highest BCUT2D eigenvalue weighted by atomic mass is 16.5. The first-order valence-corrected chi connectivity index (χ1v) is 7.44. The Balaban J connectivity index is 1.87. The quantitative estimate of drug-likeness (QED) is 0.653. The van der Waals surface area contributed by atoms with Crippen molar-refractivity contribution in [1.82, 2.24) is 14.8 Å². The van der Waals surface area contributed by atoms with E-state index in [0.29, 0.717) is 5.69 Å². The fourth-order valence-electron chi connectivity index (χ4n) is 2.47. The standard InChI is InChI=1S/C15H16N4O6/c1-15(24,14(22)23)12-13(21)18(6-7-25-12)10-4-5-19(17-10)9-2-3-11(20)16-8-9/h2-5,8,12,24H,6-7H2,1H3,(H,16,20)(H,22,23). The number of aromatic amines is 1. The van der Waals surface area contributed by atoms with Crippen LogP contribution in [0, 0.1) is 0 Å². The molecule has 0 saturated carbocycles. The number of morpholine rings is 1. The van der Waals surface area contributed by atoms with Gasteiger partial charge in [0.1, 0.15) is 0 Å². The van der Waals surface area contributed by atoms with Crippen LogP contribution < -0.4 is 10.5 Å². The van der Waals surface area contributed by atoms with Crippen LogP contribution in [0.25, 0.3) is 5.69 Å². The van der Waals surface area contributed by atoms with Crippen LogP contribution in [0.4, 0.5) is 5.82 Å². The Hall–Kier alpha value is -2.98. The summed E-state index contributed by atoms with van der Waals surface area (Å²) in [6, 6.07) is 4.48. The van der Waals surface area contributed by atoms with Crippen LogP contribution in [-0.2, 0) is 14.3 Å². The van der Waals surface area contributed by atoms with E-state index in [-0.39, 0.29) is 24.5 Å². The number of carboxylic acids is 1. The molecular formula is C15H16N4O6. The van der Waals surface area contributed by atoms with Gasteiger partial charge in [-0.25, -0.2) is 9.48 Å².